The van der Waals surface area contributed by atoms with E-state index in [9.17, 15) is 4.79 Å². The van der Waals surface area contributed by atoms with Gasteiger partial charge in [0.2, 0.25) is 0 Å². The first-order valence-electron chi connectivity index (χ1n) is 7.19. The molecule has 5 nitrogen and oxygen atoms in total. The lowest BCUT2D eigenvalue weighted by molar-refractivity contribution is 0.0630. The summed E-state index contributed by atoms with van der Waals surface area (Å²) >= 11 is 5.89. The predicted molar refractivity (Wildman–Crippen MR) is 86.8 cm³/mol. The molecular formula is C15H23ClN4O. The fourth-order valence-corrected chi connectivity index (χ4v) is 2.49. The lowest BCUT2D eigenvalue weighted by Crippen LogP contribution is -2.49. The normalized spacial score (nSPS) is 16.5. The number of benzene rings is 1. The number of nitrogens with two attached hydrogens (primary N) is 1. The number of likely N-dealkylation sites (N-methyl/N-ethyl adjacent to an activating group) is 1. The van der Waals surface area contributed by atoms with Crippen LogP contribution in [0.3, 0.4) is 0 Å². The van der Waals surface area contributed by atoms with Gasteiger partial charge in [-0.15, -0.1) is 0 Å². The topological polar surface area (TPSA) is 52.8 Å². The van der Waals surface area contributed by atoms with E-state index in [0.717, 1.165) is 39.3 Å². The molecule has 1 fully saturated rings. The molecule has 116 valence electrons. The molecule has 2 N–H and O–H groups in total. The second-order valence-corrected chi connectivity index (χ2v) is 6.08. The molecule has 1 amide bonds. The van der Waals surface area contributed by atoms with E-state index < -0.39 is 0 Å². The molecule has 1 aromatic rings. The number of rotatable bonds is 4. The van der Waals surface area contributed by atoms with Crippen LogP contribution < -0.4 is 5.73 Å². The van der Waals surface area contributed by atoms with Crippen molar-refractivity contribution in [3.63, 3.8) is 0 Å². The molecule has 1 aliphatic rings. The average molecular weight is 311 g/mol. The minimum Gasteiger partial charge on any atom is -0.398 e. The summed E-state index contributed by atoms with van der Waals surface area (Å²) in [7, 11) is 4.15. The Balaban J connectivity index is 1.89. The van der Waals surface area contributed by atoms with E-state index in [2.05, 4.69) is 23.9 Å². The van der Waals surface area contributed by atoms with E-state index in [4.69, 9.17) is 17.3 Å². The van der Waals surface area contributed by atoms with Crippen molar-refractivity contribution in [2.24, 2.45) is 0 Å². The van der Waals surface area contributed by atoms with Gasteiger partial charge in [0.25, 0.3) is 5.91 Å². The summed E-state index contributed by atoms with van der Waals surface area (Å²) in [4.78, 5) is 18.9. The summed E-state index contributed by atoms with van der Waals surface area (Å²) in [6.07, 6.45) is 0. The summed E-state index contributed by atoms with van der Waals surface area (Å²) in [5, 5.41) is 0.486. The standard InChI is InChI=1S/C15H23ClN4O/c1-18(2)5-6-19-7-9-20(10-8-19)15(21)12-3-4-13(16)14(17)11-12/h3-4,11H,5-10,17H2,1-2H3. The first kappa shape index (κ1) is 16.1. The van der Waals surface area contributed by atoms with Crippen LogP contribution in [0.5, 0.6) is 0 Å². The van der Waals surface area contributed by atoms with E-state index >= 15 is 0 Å². The molecular weight excluding hydrogens is 288 g/mol. The van der Waals surface area contributed by atoms with Crippen molar-refractivity contribution in [2.75, 3.05) is 59.1 Å². The fraction of sp³-hybridized carbons (Fsp3) is 0.533. The van der Waals surface area contributed by atoms with Gasteiger partial charge in [-0.1, -0.05) is 11.6 Å². The fourth-order valence-electron chi connectivity index (χ4n) is 2.38. The highest BCUT2D eigenvalue weighted by molar-refractivity contribution is 6.33. The molecule has 0 radical (unpaired) electrons. The Morgan fingerprint density at radius 2 is 1.95 bits per heavy atom. The zero-order valence-electron chi connectivity index (χ0n) is 12.7. The number of hydrogen-bond acceptors (Lipinski definition) is 4. The van der Waals surface area contributed by atoms with Gasteiger partial charge in [-0.25, -0.2) is 0 Å². The van der Waals surface area contributed by atoms with Gasteiger partial charge in [-0.05, 0) is 32.3 Å². The van der Waals surface area contributed by atoms with Crippen molar-refractivity contribution in [3.05, 3.63) is 28.8 Å². The van der Waals surface area contributed by atoms with Crippen molar-refractivity contribution in [3.8, 4) is 0 Å². The van der Waals surface area contributed by atoms with Crippen LogP contribution in [0.15, 0.2) is 18.2 Å². The molecule has 0 spiro atoms. The Morgan fingerprint density at radius 1 is 1.29 bits per heavy atom. The largest absolute Gasteiger partial charge is 0.398 e. The number of nitrogens with zero attached hydrogens (tertiary/aromatic N) is 3. The second kappa shape index (κ2) is 7.11. The number of piperazine rings is 1. The molecule has 2 rings (SSSR count). The van der Waals surface area contributed by atoms with Gasteiger partial charge in [0.15, 0.2) is 0 Å². The maximum Gasteiger partial charge on any atom is 0.254 e. The monoisotopic (exact) mass is 310 g/mol. The van der Waals surface area contributed by atoms with E-state index in [-0.39, 0.29) is 5.91 Å². The molecule has 1 heterocycles. The molecule has 21 heavy (non-hydrogen) atoms. The van der Waals surface area contributed by atoms with Gasteiger partial charge in [0.05, 0.1) is 10.7 Å². The number of nitrogen functional groups attached to an aromatic ring is 1. The average Bonchev–Trinajstić information content (AvgIpc) is 2.48. The second-order valence-electron chi connectivity index (χ2n) is 5.67. The van der Waals surface area contributed by atoms with Crippen molar-refractivity contribution >= 4 is 23.2 Å². The van der Waals surface area contributed by atoms with Crippen LogP contribution in [0, 0.1) is 0 Å². The third-order valence-corrected chi connectivity index (χ3v) is 4.11. The van der Waals surface area contributed by atoms with E-state index in [1.165, 1.54) is 0 Å². The summed E-state index contributed by atoms with van der Waals surface area (Å²) in [6, 6.07) is 5.07. The Bertz CT molecular complexity index is 498. The molecule has 1 aromatic carbocycles. The highest BCUT2D eigenvalue weighted by Gasteiger charge is 2.22. The van der Waals surface area contributed by atoms with E-state index in [0.29, 0.717) is 16.3 Å². The first-order valence-corrected chi connectivity index (χ1v) is 7.56. The molecule has 0 aromatic heterocycles. The third-order valence-electron chi connectivity index (χ3n) is 3.77. The minimum absolute atomic E-state index is 0.0330. The zero-order chi connectivity index (χ0) is 15.4. The molecule has 0 atom stereocenters. The molecule has 6 heteroatoms. The van der Waals surface area contributed by atoms with Crippen LogP contribution in [0.25, 0.3) is 0 Å². The van der Waals surface area contributed by atoms with Gasteiger partial charge in [-0.3, -0.25) is 9.69 Å². The van der Waals surface area contributed by atoms with Gasteiger partial charge in [-0.2, -0.15) is 0 Å². The molecule has 1 aliphatic heterocycles. The van der Waals surface area contributed by atoms with Crippen LogP contribution in [-0.4, -0.2) is 74.0 Å². The van der Waals surface area contributed by atoms with E-state index in [1.54, 1.807) is 18.2 Å². The third kappa shape index (κ3) is 4.33. The predicted octanol–water partition coefficient (Wildman–Crippen LogP) is 1.24. The Hall–Kier alpha value is -1.30. The maximum absolute atomic E-state index is 12.4. The van der Waals surface area contributed by atoms with Crippen LogP contribution in [0.4, 0.5) is 5.69 Å². The Labute approximate surface area is 131 Å². The van der Waals surface area contributed by atoms with Gasteiger partial charge < -0.3 is 15.5 Å². The number of carbonyl (C=O) groups excluding carboxylic acids is 1. The quantitative estimate of drug-likeness (QED) is 0.850. The minimum atomic E-state index is 0.0330. The molecule has 1 saturated heterocycles. The summed E-state index contributed by atoms with van der Waals surface area (Å²) in [6.45, 7) is 5.44. The zero-order valence-corrected chi connectivity index (χ0v) is 13.4. The van der Waals surface area contributed by atoms with Crippen molar-refractivity contribution in [2.45, 2.75) is 0 Å². The molecule has 0 saturated carbocycles. The van der Waals surface area contributed by atoms with Crippen molar-refractivity contribution in [1.29, 1.82) is 0 Å². The van der Waals surface area contributed by atoms with Crippen LogP contribution >= 0.6 is 11.6 Å². The molecule has 0 unspecified atom stereocenters. The number of anilines is 1. The van der Waals surface area contributed by atoms with Crippen LogP contribution in [0.2, 0.25) is 5.02 Å². The number of halogens is 1. The first-order chi connectivity index (χ1) is 9.97. The van der Waals surface area contributed by atoms with Gasteiger partial charge in [0.1, 0.15) is 0 Å². The smallest absolute Gasteiger partial charge is 0.254 e. The number of carbonyl (C=O) groups is 1. The summed E-state index contributed by atoms with van der Waals surface area (Å²) in [5.41, 5.74) is 6.82. The summed E-state index contributed by atoms with van der Waals surface area (Å²) in [5.74, 6) is 0.0330. The molecule has 0 bridgehead atoms. The van der Waals surface area contributed by atoms with Crippen molar-refractivity contribution in [1.82, 2.24) is 14.7 Å². The number of amides is 1. The van der Waals surface area contributed by atoms with Crippen molar-refractivity contribution < 1.29 is 4.79 Å². The SMILES string of the molecule is CN(C)CCN1CCN(C(=O)c2ccc(Cl)c(N)c2)CC1. The summed E-state index contributed by atoms with van der Waals surface area (Å²) < 4.78 is 0. The Kier molecular flexibility index (Phi) is 5.45. The van der Waals surface area contributed by atoms with E-state index in [1.807, 2.05) is 4.90 Å². The lowest BCUT2D eigenvalue weighted by Gasteiger charge is -2.35. The maximum atomic E-state index is 12.4. The lowest BCUT2D eigenvalue weighted by atomic mass is 10.1. The Morgan fingerprint density at radius 3 is 2.52 bits per heavy atom. The molecule has 0 aliphatic carbocycles. The highest BCUT2D eigenvalue weighted by Crippen LogP contribution is 2.20. The number of hydrogen-bond donors (Lipinski definition) is 1. The van der Waals surface area contributed by atoms with Gasteiger partial charge in [0, 0.05) is 44.8 Å². The van der Waals surface area contributed by atoms with Crippen LogP contribution in [-0.2, 0) is 0 Å². The van der Waals surface area contributed by atoms with Gasteiger partial charge >= 0.3 is 0 Å². The highest BCUT2D eigenvalue weighted by atomic mass is 35.5. The van der Waals surface area contributed by atoms with Crippen LogP contribution in [0.1, 0.15) is 10.4 Å².